The molecule has 4 rings (SSSR count). The van der Waals surface area contributed by atoms with Gasteiger partial charge in [-0.05, 0) is 61.5 Å². The van der Waals surface area contributed by atoms with E-state index in [1.807, 2.05) is 18.3 Å². The second-order valence-corrected chi connectivity index (χ2v) is 8.20. The Morgan fingerprint density at radius 2 is 1.86 bits per heavy atom. The smallest absolute Gasteiger partial charge is 0.170 e. The number of rotatable bonds is 5. The molecule has 0 spiro atoms. The second-order valence-electron chi connectivity index (χ2n) is 7.81. The Morgan fingerprint density at radius 1 is 1.07 bits per heavy atom. The zero-order chi connectivity index (χ0) is 19.7. The van der Waals surface area contributed by atoms with Gasteiger partial charge in [-0.15, -0.1) is 0 Å². The first-order valence-corrected chi connectivity index (χ1v) is 10.2. The van der Waals surface area contributed by atoms with Crippen LogP contribution in [0.3, 0.4) is 0 Å². The number of hydrogen-bond donors (Lipinski definition) is 1. The van der Waals surface area contributed by atoms with Crippen LogP contribution < -0.4 is 5.32 Å². The summed E-state index contributed by atoms with van der Waals surface area (Å²) in [5, 5.41) is 4.33. The van der Waals surface area contributed by atoms with E-state index in [0.29, 0.717) is 5.92 Å². The molecule has 0 bridgehead atoms. The van der Waals surface area contributed by atoms with Gasteiger partial charge in [0.15, 0.2) is 5.11 Å². The zero-order valence-electron chi connectivity index (χ0n) is 16.5. The first-order valence-electron chi connectivity index (χ1n) is 9.77. The molecule has 0 radical (unpaired) electrons. The summed E-state index contributed by atoms with van der Waals surface area (Å²) < 4.78 is 2.27. The van der Waals surface area contributed by atoms with Gasteiger partial charge in [0.1, 0.15) is 0 Å². The standard InChI is InChI=1S/C23H26N4S/c1-16(2)15-27-22(21(25-23(27)28)19-7-4-5-13-24-19)20-8-6-14-26(20)18-11-9-17(3)10-12-18/h4-14,16,21-22H,15H2,1-3H3,(H,25,28)/t21-,22+/m1/s1. The Hall–Kier alpha value is -2.66. The maximum atomic E-state index is 5.74. The van der Waals surface area contributed by atoms with Crippen LogP contribution in [0.2, 0.25) is 0 Å². The predicted octanol–water partition coefficient (Wildman–Crippen LogP) is 4.81. The lowest BCUT2D eigenvalue weighted by Crippen LogP contribution is -2.33. The van der Waals surface area contributed by atoms with Gasteiger partial charge in [-0.3, -0.25) is 4.98 Å². The molecule has 1 aromatic carbocycles. The summed E-state index contributed by atoms with van der Waals surface area (Å²) in [5.74, 6) is 0.507. The van der Waals surface area contributed by atoms with Crippen molar-refractivity contribution in [3.05, 3.63) is 83.9 Å². The molecule has 0 aliphatic carbocycles. The van der Waals surface area contributed by atoms with Crippen LogP contribution >= 0.6 is 12.2 Å². The summed E-state index contributed by atoms with van der Waals surface area (Å²) in [5.41, 5.74) is 4.65. The minimum Gasteiger partial charge on any atom is -0.352 e. The van der Waals surface area contributed by atoms with Gasteiger partial charge < -0.3 is 14.8 Å². The van der Waals surface area contributed by atoms with Crippen LogP contribution in [0, 0.1) is 12.8 Å². The van der Waals surface area contributed by atoms with Crippen molar-refractivity contribution in [2.45, 2.75) is 32.9 Å². The van der Waals surface area contributed by atoms with E-state index in [9.17, 15) is 0 Å². The number of aromatic nitrogens is 2. The number of thiocarbonyl (C=S) groups is 1. The Morgan fingerprint density at radius 3 is 2.54 bits per heavy atom. The summed E-state index contributed by atoms with van der Waals surface area (Å²) in [7, 11) is 0. The molecule has 1 fully saturated rings. The summed E-state index contributed by atoms with van der Waals surface area (Å²) >= 11 is 5.74. The molecule has 1 N–H and O–H groups in total. The van der Waals surface area contributed by atoms with Crippen LogP contribution in [0.4, 0.5) is 0 Å². The van der Waals surface area contributed by atoms with E-state index in [4.69, 9.17) is 12.2 Å². The SMILES string of the molecule is Cc1ccc(-n2cccc2[C@H]2[C@@H](c3ccccn3)NC(=S)N2CC(C)C)cc1. The summed E-state index contributed by atoms with van der Waals surface area (Å²) in [6.45, 7) is 7.47. The van der Waals surface area contributed by atoms with E-state index >= 15 is 0 Å². The zero-order valence-corrected chi connectivity index (χ0v) is 17.4. The highest BCUT2D eigenvalue weighted by molar-refractivity contribution is 7.80. The lowest BCUT2D eigenvalue weighted by Gasteiger charge is -2.30. The predicted molar refractivity (Wildman–Crippen MR) is 118 cm³/mol. The number of nitrogens with one attached hydrogen (secondary N) is 1. The monoisotopic (exact) mass is 390 g/mol. The maximum Gasteiger partial charge on any atom is 0.170 e. The molecule has 4 nitrogen and oxygen atoms in total. The molecule has 1 saturated heterocycles. The summed E-state index contributed by atoms with van der Waals surface area (Å²) in [6.07, 6.45) is 3.98. The number of hydrogen-bond acceptors (Lipinski definition) is 2. The van der Waals surface area contributed by atoms with Crippen molar-refractivity contribution in [1.29, 1.82) is 0 Å². The molecular formula is C23H26N4S. The lowest BCUT2D eigenvalue weighted by atomic mass is 10.0. The molecule has 1 aliphatic heterocycles. The number of pyridine rings is 1. The first-order chi connectivity index (χ1) is 13.5. The molecule has 144 valence electrons. The molecule has 1 aliphatic rings. The van der Waals surface area contributed by atoms with Crippen molar-refractivity contribution in [2.75, 3.05) is 6.54 Å². The minimum absolute atomic E-state index is 0.0200. The van der Waals surface area contributed by atoms with Crippen molar-refractivity contribution in [3.8, 4) is 5.69 Å². The van der Waals surface area contributed by atoms with Crippen LogP contribution in [0.15, 0.2) is 67.0 Å². The third-order valence-corrected chi connectivity index (χ3v) is 5.51. The Labute approximate surface area is 172 Å². The number of aryl methyl sites for hydroxylation is 1. The average molecular weight is 391 g/mol. The highest BCUT2D eigenvalue weighted by Crippen LogP contribution is 2.39. The third-order valence-electron chi connectivity index (χ3n) is 5.16. The maximum absolute atomic E-state index is 5.74. The molecule has 3 aromatic rings. The largest absolute Gasteiger partial charge is 0.352 e. The van der Waals surface area contributed by atoms with E-state index in [0.717, 1.165) is 23.0 Å². The number of benzene rings is 1. The molecule has 2 aromatic heterocycles. The van der Waals surface area contributed by atoms with E-state index in [2.05, 4.69) is 89.2 Å². The first kappa shape index (κ1) is 18.7. The van der Waals surface area contributed by atoms with Crippen LogP contribution in [0.25, 0.3) is 5.69 Å². The Bertz CT molecular complexity index is 946. The highest BCUT2D eigenvalue weighted by Gasteiger charge is 2.41. The van der Waals surface area contributed by atoms with Crippen LogP contribution in [-0.2, 0) is 0 Å². The van der Waals surface area contributed by atoms with Gasteiger partial charge in [-0.1, -0.05) is 37.6 Å². The van der Waals surface area contributed by atoms with Crippen LogP contribution in [0.1, 0.15) is 42.9 Å². The molecule has 0 saturated carbocycles. The Balaban J connectivity index is 1.80. The molecule has 5 heteroatoms. The quantitative estimate of drug-likeness (QED) is 0.634. The van der Waals surface area contributed by atoms with Crippen molar-refractivity contribution in [1.82, 2.24) is 19.8 Å². The molecule has 0 unspecified atom stereocenters. The topological polar surface area (TPSA) is 33.1 Å². The number of nitrogens with zero attached hydrogens (tertiary/aromatic N) is 3. The molecular weight excluding hydrogens is 364 g/mol. The van der Waals surface area contributed by atoms with Gasteiger partial charge in [0.25, 0.3) is 0 Å². The van der Waals surface area contributed by atoms with E-state index in [-0.39, 0.29) is 12.1 Å². The van der Waals surface area contributed by atoms with Crippen molar-refractivity contribution in [3.63, 3.8) is 0 Å². The fourth-order valence-corrected chi connectivity index (χ4v) is 4.21. The van der Waals surface area contributed by atoms with E-state index in [1.54, 1.807) is 0 Å². The van der Waals surface area contributed by atoms with Gasteiger partial charge in [0, 0.05) is 30.3 Å². The summed E-state index contributed by atoms with van der Waals surface area (Å²) in [4.78, 5) is 6.94. The van der Waals surface area contributed by atoms with E-state index in [1.165, 1.54) is 11.3 Å². The minimum atomic E-state index is 0.0200. The fourth-order valence-electron chi connectivity index (χ4n) is 3.89. The van der Waals surface area contributed by atoms with Crippen molar-refractivity contribution >= 4 is 17.3 Å². The highest BCUT2D eigenvalue weighted by atomic mass is 32.1. The average Bonchev–Trinajstić information content (AvgIpc) is 3.28. The third kappa shape index (κ3) is 3.54. The molecule has 3 heterocycles. The summed E-state index contributed by atoms with van der Waals surface area (Å²) in [6, 6.07) is 19.1. The molecule has 28 heavy (non-hydrogen) atoms. The van der Waals surface area contributed by atoms with Crippen LogP contribution in [-0.4, -0.2) is 26.1 Å². The van der Waals surface area contributed by atoms with Gasteiger partial charge >= 0.3 is 0 Å². The Kier molecular flexibility index (Phi) is 5.18. The molecule has 2 atom stereocenters. The van der Waals surface area contributed by atoms with Crippen molar-refractivity contribution < 1.29 is 0 Å². The second kappa shape index (κ2) is 7.76. The fraction of sp³-hybridized carbons (Fsp3) is 0.304. The van der Waals surface area contributed by atoms with Gasteiger partial charge in [-0.2, -0.15) is 0 Å². The van der Waals surface area contributed by atoms with Gasteiger partial charge in [0.2, 0.25) is 0 Å². The van der Waals surface area contributed by atoms with Gasteiger partial charge in [0.05, 0.1) is 17.8 Å². The van der Waals surface area contributed by atoms with Gasteiger partial charge in [-0.25, -0.2) is 0 Å². The lowest BCUT2D eigenvalue weighted by molar-refractivity contribution is 0.280. The molecule has 0 amide bonds. The van der Waals surface area contributed by atoms with E-state index < -0.39 is 0 Å². The normalized spacial score (nSPS) is 19.3. The van der Waals surface area contributed by atoms with Crippen molar-refractivity contribution in [2.24, 2.45) is 5.92 Å². The van der Waals surface area contributed by atoms with Crippen LogP contribution in [0.5, 0.6) is 0 Å².